The fraction of sp³-hybridized carbons (Fsp3) is 0.615. The number of hydrogen-bond acceptors (Lipinski definition) is 8. The van der Waals surface area contributed by atoms with E-state index in [9.17, 15) is 9.59 Å². The largest absolute Gasteiger partial charge is 0.489 e. The van der Waals surface area contributed by atoms with Crippen molar-refractivity contribution >= 4 is 12.1 Å². The first kappa shape index (κ1) is 25.9. The second-order valence-corrected chi connectivity index (χ2v) is 9.85. The van der Waals surface area contributed by atoms with Gasteiger partial charge < -0.3 is 23.8 Å². The van der Waals surface area contributed by atoms with Crippen LogP contribution in [-0.4, -0.2) is 70.2 Å². The second kappa shape index (κ2) is 11.3. The standard InChI is InChI=1S/C26H36N4O6/c1-16(2)35-25(31)18-7-6-8-20(11-18)36-24-10-9-22(28-17(24)3)21-12-27-30(5)23(21)15-34-26(32)29(4)19-13-33-14-19/h9-10,12,16,18-20H,6-8,11,13-15H2,1-5H3/t18-,20-/m0/s1. The molecule has 1 amide bonds. The molecule has 3 heterocycles. The van der Waals surface area contributed by atoms with Gasteiger partial charge in [0.15, 0.2) is 0 Å². The number of aromatic nitrogens is 3. The van der Waals surface area contributed by atoms with Gasteiger partial charge in [0.2, 0.25) is 0 Å². The van der Waals surface area contributed by atoms with E-state index in [1.54, 1.807) is 22.8 Å². The number of ether oxygens (including phenoxy) is 4. The monoisotopic (exact) mass is 500 g/mol. The van der Waals surface area contributed by atoms with Crippen molar-refractivity contribution in [2.45, 2.75) is 71.3 Å². The van der Waals surface area contributed by atoms with E-state index in [1.807, 2.05) is 40.0 Å². The van der Waals surface area contributed by atoms with Crippen LogP contribution in [-0.2, 0) is 32.7 Å². The smallest absolute Gasteiger partial charge is 0.410 e. The van der Waals surface area contributed by atoms with Gasteiger partial charge in [0.05, 0.1) is 60.7 Å². The molecule has 1 saturated carbocycles. The quantitative estimate of drug-likeness (QED) is 0.506. The highest BCUT2D eigenvalue weighted by Crippen LogP contribution is 2.31. The van der Waals surface area contributed by atoms with Crippen LogP contribution in [0.25, 0.3) is 11.3 Å². The van der Waals surface area contributed by atoms with Crippen molar-refractivity contribution in [3.63, 3.8) is 0 Å². The van der Waals surface area contributed by atoms with Crippen LogP contribution in [0.4, 0.5) is 4.79 Å². The van der Waals surface area contributed by atoms with E-state index >= 15 is 0 Å². The van der Waals surface area contributed by atoms with Crippen molar-refractivity contribution < 1.29 is 28.5 Å². The Hall–Kier alpha value is -3.14. The van der Waals surface area contributed by atoms with Crippen LogP contribution >= 0.6 is 0 Å². The summed E-state index contributed by atoms with van der Waals surface area (Å²) in [4.78, 5) is 31.1. The van der Waals surface area contributed by atoms with Gasteiger partial charge in [0.1, 0.15) is 12.4 Å². The Bertz CT molecular complexity index is 1080. The Kier molecular flexibility index (Phi) is 8.13. The number of carbonyl (C=O) groups is 2. The lowest BCUT2D eigenvalue weighted by molar-refractivity contribution is -0.154. The van der Waals surface area contributed by atoms with Gasteiger partial charge in [0.25, 0.3) is 0 Å². The van der Waals surface area contributed by atoms with Crippen molar-refractivity contribution in [3.05, 3.63) is 29.7 Å². The Balaban J connectivity index is 1.40. The summed E-state index contributed by atoms with van der Waals surface area (Å²) in [5, 5.41) is 4.35. The van der Waals surface area contributed by atoms with Gasteiger partial charge in [0, 0.05) is 19.7 Å². The molecule has 1 aliphatic carbocycles. The zero-order valence-electron chi connectivity index (χ0n) is 21.7. The Morgan fingerprint density at radius 1 is 1.25 bits per heavy atom. The summed E-state index contributed by atoms with van der Waals surface area (Å²) >= 11 is 0. The van der Waals surface area contributed by atoms with E-state index < -0.39 is 6.09 Å². The van der Waals surface area contributed by atoms with Gasteiger partial charge in [-0.05, 0) is 58.6 Å². The number of aryl methyl sites for hydroxylation is 2. The number of rotatable bonds is 8. The molecule has 0 spiro atoms. The fourth-order valence-corrected chi connectivity index (χ4v) is 4.47. The van der Waals surface area contributed by atoms with Crippen LogP contribution in [0.15, 0.2) is 18.3 Å². The lowest BCUT2D eigenvalue weighted by atomic mass is 9.87. The number of likely N-dealkylation sites (N-methyl/N-ethyl adjacent to an activating group) is 1. The summed E-state index contributed by atoms with van der Waals surface area (Å²) in [5.41, 5.74) is 3.02. The van der Waals surface area contributed by atoms with Crippen molar-refractivity contribution in [2.75, 3.05) is 20.3 Å². The summed E-state index contributed by atoms with van der Waals surface area (Å²) < 4.78 is 24.0. The summed E-state index contributed by atoms with van der Waals surface area (Å²) in [6.07, 6.45) is 4.46. The van der Waals surface area contributed by atoms with Crippen LogP contribution in [0.3, 0.4) is 0 Å². The number of esters is 1. The minimum Gasteiger partial charge on any atom is -0.489 e. The third-order valence-corrected chi connectivity index (χ3v) is 6.77. The number of amides is 1. The summed E-state index contributed by atoms with van der Waals surface area (Å²) in [7, 11) is 3.52. The highest BCUT2D eigenvalue weighted by atomic mass is 16.6. The highest BCUT2D eigenvalue weighted by molar-refractivity contribution is 5.72. The van der Waals surface area contributed by atoms with Crippen LogP contribution in [0.1, 0.15) is 50.9 Å². The molecule has 0 radical (unpaired) electrons. The zero-order valence-corrected chi connectivity index (χ0v) is 21.7. The van der Waals surface area contributed by atoms with Gasteiger partial charge in [-0.15, -0.1) is 0 Å². The van der Waals surface area contributed by atoms with Crippen molar-refractivity contribution in [1.82, 2.24) is 19.7 Å². The van der Waals surface area contributed by atoms with Crippen molar-refractivity contribution in [2.24, 2.45) is 13.0 Å². The maximum Gasteiger partial charge on any atom is 0.410 e. The molecule has 0 bridgehead atoms. The minimum atomic E-state index is -0.397. The van der Waals surface area contributed by atoms with Crippen LogP contribution in [0.2, 0.25) is 0 Å². The molecule has 2 fully saturated rings. The number of nitrogens with zero attached hydrogens (tertiary/aromatic N) is 4. The predicted octanol–water partition coefficient (Wildman–Crippen LogP) is 3.65. The average Bonchev–Trinajstić information content (AvgIpc) is 3.17. The van der Waals surface area contributed by atoms with Crippen molar-refractivity contribution in [1.29, 1.82) is 0 Å². The van der Waals surface area contributed by atoms with Crippen LogP contribution in [0.5, 0.6) is 5.75 Å². The van der Waals surface area contributed by atoms with Gasteiger partial charge in [-0.1, -0.05) is 0 Å². The third-order valence-electron chi connectivity index (χ3n) is 6.77. The SMILES string of the molecule is Cc1nc(-c2cnn(C)c2COC(=O)N(C)C2COC2)ccc1O[C@H]1CCC[C@H](C(=O)OC(C)C)C1. The number of pyridine rings is 1. The topological polar surface area (TPSA) is 105 Å². The van der Waals surface area contributed by atoms with Gasteiger partial charge in [-0.2, -0.15) is 5.10 Å². The van der Waals surface area contributed by atoms with E-state index in [4.69, 9.17) is 23.9 Å². The van der Waals surface area contributed by atoms with E-state index in [0.29, 0.717) is 25.4 Å². The molecule has 10 heteroatoms. The van der Waals surface area contributed by atoms with E-state index in [1.165, 1.54) is 0 Å². The lowest BCUT2D eigenvalue weighted by Gasteiger charge is -2.33. The molecule has 196 valence electrons. The molecule has 0 unspecified atom stereocenters. The molecule has 10 nitrogen and oxygen atoms in total. The molecule has 2 aromatic rings. The van der Waals surface area contributed by atoms with E-state index in [0.717, 1.165) is 41.9 Å². The average molecular weight is 501 g/mol. The molecule has 36 heavy (non-hydrogen) atoms. The molecule has 4 rings (SSSR count). The molecular weight excluding hydrogens is 464 g/mol. The molecule has 2 aromatic heterocycles. The summed E-state index contributed by atoms with van der Waals surface area (Å²) in [6, 6.07) is 3.84. The van der Waals surface area contributed by atoms with E-state index in [-0.39, 0.29) is 36.7 Å². The molecule has 0 N–H and O–H groups in total. The van der Waals surface area contributed by atoms with Gasteiger partial charge in [-0.3, -0.25) is 9.48 Å². The summed E-state index contributed by atoms with van der Waals surface area (Å²) in [5.74, 6) is 0.429. The lowest BCUT2D eigenvalue weighted by Crippen LogP contribution is -2.49. The Labute approximate surface area is 211 Å². The first-order valence-corrected chi connectivity index (χ1v) is 12.6. The molecule has 1 aliphatic heterocycles. The molecule has 1 saturated heterocycles. The molecule has 2 atom stereocenters. The highest BCUT2D eigenvalue weighted by Gasteiger charge is 2.31. The number of hydrogen-bond donors (Lipinski definition) is 0. The molecule has 2 aliphatic rings. The van der Waals surface area contributed by atoms with E-state index in [2.05, 4.69) is 5.10 Å². The van der Waals surface area contributed by atoms with Gasteiger partial charge in [-0.25, -0.2) is 9.78 Å². The first-order chi connectivity index (χ1) is 17.2. The minimum absolute atomic E-state index is 0.0544. The Morgan fingerprint density at radius 2 is 2.03 bits per heavy atom. The molecular formula is C26H36N4O6. The summed E-state index contributed by atoms with van der Waals surface area (Å²) in [6.45, 7) is 6.78. The Morgan fingerprint density at radius 3 is 2.69 bits per heavy atom. The second-order valence-electron chi connectivity index (χ2n) is 9.85. The van der Waals surface area contributed by atoms with Crippen molar-refractivity contribution in [3.8, 4) is 17.0 Å². The third kappa shape index (κ3) is 5.98. The first-order valence-electron chi connectivity index (χ1n) is 12.6. The van der Waals surface area contributed by atoms with Crippen LogP contribution < -0.4 is 4.74 Å². The predicted molar refractivity (Wildman–Crippen MR) is 131 cm³/mol. The van der Waals surface area contributed by atoms with Crippen LogP contribution in [0, 0.1) is 12.8 Å². The number of carbonyl (C=O) groups excluding carboxylic acids is 2. The normalized spacial score (nSPS) is 20.1. The fourth-order valence-electron chi connectivity index (χ4n) is 4.47. The molecule has 0 aromatic carbocycles. The zero-order chi connectivity index (χ0) is 25.8. The maximum absolute atomic E-state index is 12.4. The van der Waals surface area contributed by atoms with Gasteiger partial charge >= 0.3 is 12.1 Å². The maximum atomic E-state index is 12.4.